The molecule has 0 amide bonds. The SMILES string of the molecule is CCCC1CCCCN1C(CC)CC#N. The van der Waals surface area contributed by atoms with Crippen LogP contribution in [0.15, 0.2) is 0 Å². The van der Waals surface area contributed by atoms with Crippen molar-refractivity contribution in [2.24, 2.45) is 0 Å². The molecule has 1 rings (SSSR count). The molecule has 0 saturated carbocycles. The predicted octanol–water partition coefficient (Wildman–Crippen LogP) is 3.33. The van der Waals surface area contributed by atoms with Gasteiger partial charge in [-0.25, -0.2) is 0 Å². The average Bonchev–Trinajstić information content (AvgIpc) is 2.27. The van der Waals surface area contributed by atoms with Gasteiger partial charge in [0.15, 0.2) is 0 Å². The smallest absolute Gasteiger partial charge is 0.0638 e. The summed E-state index contributed by atoms with van der Waals surface area (Å²) in [5, 5.41) is 8.84. The second-order valence-corrected chi connectivity index (χ2v) is 4.60. The molecular formula is C13H24N2. The van der Waals surface area contributed by atoms with Crippen LogP contribution in [0.4, 0.5) is 0 Å². The summed E-state index contributed by atoms with van der Waals surface area (Å²) in [5.74, 6) is 0. The van der Waals surface area contributed by atoms with E-state index in [1.165, 1.54) is 38.6 Å². The summed E-state index contributed by atoms with van der Waals surface area (Å²) >= 11 is 0. The minimum absolute atomic E-state index is 0.506. The lowest BCUT2D eigenvalue weighted by molar-refractivity contribution is 0.0874. The Hall–Kier alpha value is -0.550. The van der Waals surface area contributed by atoms with E-state index in [-0.39, 0.29) is 0 Å². The Morgan fingerprint density at radius 3 is 2.80 bits per heavy atom. The van der Waals surface area contributed by atoms with Gasteiger partial charge in [0.05, 0.1) is 12.5 Å². The van der Waals surface area contributed by atoms with Gasteiger partial charge in [-0.2, -0.15) is 5.26 Å². The van der Waals surface area contributed by atoms with E-state index in [0.29, 0.717) is 12.5 Å². The first-order chi connectivity index (χ1) is 7.33. The fourth-order valence-electron chi connectivity index (χ4n) is 2.75. The molecule has 0 bridgehead atoms. The van der Waals surface area contributed by atoms with Crippen LogP contribution >= 0.6 is 0 Å². The molecule has 0 aliphatic carbocycles. The van der Waals surface area contributed by atoms with Crippen molar-refractivity contribution in [2.75, 3.05) is 6.54 Å². The van der Waals surface area contributed by atoms with Gasteiger partial charge in [0.25, 0.3) is 0 Å². The van der Waals surface area contributed by atoms with Gasteiger partial charge in [0.2, 0.25) is 0 Å². The first-order valence-corrected chi connectivity index (χ1v) is 6.46. The Balaban J connectivity index is 2.56. The van der Waals surface area contributed by atoms with E-state index < -0.39 is 0 Å². The third-order valence-corrected chi connectivity index (χ3v) is 3.56. The van der Waals surface area contributed by atoms with Crippen LogP contribution in [-0.4, -0.2) is 23.5 Å². The molecule has 1 saturated heterocycles. The minimum atomic E-state index is 0.506. The zero-order valence-electron chi connectivity index (χ0n) is 10.2. The Morgan fingerprint density at radius 2 is 2.20 bits per heavy atom. The van der Waals surface area contributed by atoms with E-state index in [0.717, 1.165) is 12.5 Å². The highest BCUT2D eigenvalue weighted by Crippen LogP contribution is 2.25. The number of piperidine rings is 1. The number of hydrogen-bond donors (Lipinski definition) is 0. The average molecular weight is 208 g/mol. The lowest BCUT2D eigenvalue weighted by Crippen LogP contribution is -2.45. The normalized spacial score (nSPS) is 24.7. The van der Waals surface area contributed by atoms with Crippen LogP contribution in [0.25, 0.3) is 0 Å². The maximum Gasteiger partial charge on any atom is 0.0638 e. The molecule has 0 aromatic carbocycles. The van der Waals surface area contributed by atoms with Gasteiger partial charge in [-0.3, -0.25) is 4.90 Å². The first-order valence-electron chi connectivity index (χ1n) is 6.46. The highest BCUT2D eigenvalue weighted by molar-refractivity contribution is 4.87. The van der Waals surface area contributed by atoms with Crippen LogP contribution in [0.3, 0.4) is 0 Å². The van der Waals surface area contributed by atoms with Crippen LogP contribution in [0.2, 0.25) is 0 Å². The molecule has 2 unspecified atom stereocenters. The molecule has 1 aliphatic heterocycles. The van der Waals surface area contributed by atoms with Gasteiger partial charge in [0.1, 0.15) is 0 Å². The summed E-state index contributed by atoms with van der Waals surface area (Å²) in [4.78, 5) is 2.61. The van der Waals surface area contributed by atoms with Crippen molar-refractivity contribution in [3.63, 3.8) is 0 Å². The molecular weight excluding hydrogens is 184 g/mol. The predicted molar refractivity (Wildman–Crippen MR) is 63.6 cm³/mol. The molecule has 0 radical (unpaired) electrons. The lowest BCUT2D eigenvalue weighted by Gasteiger charge is -2.40. The highest BCUT2D eigenvalue weighted by atomic mass is 15.2. The van der Waals surface area contributed by atoms with Gasteiger partial charge < -0.3 is 0 Å². The maximum absolute atomic E-state index is 8.84. The van der Waals surface area contributed by atoms with Crippen LogP contribution < -0.4 is 0 Å². The van der Waals surface area contributed by atoms with Crippen molar-refractivity contribution in [3.8, 4) is 6.07 Å². The van der Waals surface area contributed by atoms with Crippen molar-refractivity contribution in [1.82, 2.24) is 4.90 Å². The van der Waals surface area contributed by atoms with Crippen LogP contribution in [0.1, 0.15) is 58.8 Å². The summed E-state index contributed by atoms with van der Waals surface area (Å²) in [6.45, 7) is 5.68. The number of nitriles is 1. The number of nitrogens with zero attached hydrogens (tertiary/aromatic N) is 2. The lowest BCUT2D eigenvalue weighted by atomic mass is 9.94. The van der Waals surface area contributed by atoms with E-state index in [2.05, 4.69) is 24.8 Å². The van der Waals surface area contributed by atoms with Crippen molar-refractivity contribution in [2.45, 2.75) is 70.9 Å². The minimum Gasteiger partial charge on any atom is -0.296 e. The molecule has 0 N–H and O–H groups in total. The summed E-state index contributed by atoms with van der Waals surface area (Å²) in [5.41, 5.74) is 0. The monoisotopic (exact) mass is 208 g/mol. The molecule has 86 valence electrons. The van der Waals surface area contributed by atoms with Gasteiger partial charge in [-0.15, -0.1) is 0 Å². The second kappa shape index (κ2) is 6.85. The van der Waals surface area contributed by atoms with Crippen molar-refractivity contribution in [3.05, 3.63) is 0 Å². The van der Waals surface area contributed by atoms with Crippen LogP contribution in [0, 0.1) is 11.3 Å². The van der Waals surface area contributed by atoms with Crippen LogP contribution in [-0.2, 0) is 0 Å². The molecule has 2 nitrogen and oxygen atoms in total. The fraction of sp³-hybridized carbons (Fsp3) is 0.923. The summed E-state index contributed by atoms with van der Waals surface area (Å²) in [6, 6.07) is 3.60. The number of hydrogen-bond acceptors (Lipinski definition) is 2. The van der Waals surface area contributed by atoms with E-state index in [4.69, 9.17) is 5.26 Å². The van der Waals surface area contributed by atoms with Gasteiger partial charge in [0, 0.05) is 12.1 Å². The number of likely N-dealkylation sites (tertiary alicyclic amines) is 1. The highest BCUT2D eigenvalue weighted by Gasteiger charge is 2.26. The molecule has 1 heterocycles. The van der Waals surface area contributed by atoms with E-state index >= 15 is 0 Å². The summed E-state index contributed by atoms with van der Waals surface area (Å²) in [7, 11) is 0. The Morgan fingerprint density at radius 1 is 1.40 bits per heavy atom. The molecule has 0 aromatic rings. The summed E-state index contributed by atoms with van der Waals surface area (Å²) < 4.78 is 0. The fourth-order valence-corrected chi connectivity index (χ4v) is 2.75. The zero-order chi connectivity index (χ0) is 11.1. The summed E-state index contributed by atoms with van der Waals surface area (Å²) in [6.07, 6.45) is 8.44. The van der Waals surface area contributed by atoms with Crippen LogP contribution in [0.5, 0.6) is 0 Å². The number of rotatable bonds is 5. The van der Waals surface area contributed by atoms with Gasteiger partial charge in [-0.1, -0.05) is 26.7 Å². The second-order valence-electron chi connectivity index (χ2n) is 4.60. The third-order valence-electron chi connectivity index (χ3n) is 3.56. The molecule has 1 fully saturated rings. The van der Waals surface area contributed by atoms with E-state index in [1.54, 1.807) is 0 Å². The molecule has 15 heavy (non-hydrogen) atoms. The third kappa shape index (κ3) is 3.50. The van der Waals surface area contributed by atoms with Gasteiger partial charge >= 0.3 is 0 Å². The zero-order valence-corrected chi connectivity index (χ0v) is 10.2. The molecule has 2 atom stereocenters. The quantitative estimate of drug-likeness (QED) is 0.693. The molecule has 2 heteroatoms. The van der Waals surface area contributed by atoms with E-state index in [9.17, 15) is 0 Å². The standard InChI is InChI=1S/C13H24N2/c1-3-7-13-8-5-6-11-15(13)12(4-2)9-10-14/h12-13H,3-9,11H2,1-2H3. The molecule has 0 spiro atoms. The van der Waals surface area contributed by atoms with Gasteiger partial charge in [-0.05, 0) is 32.2 Å². The van der Waals surface area contributed by atoms with Crippen molar-refractivity contribution in [1.29, 1.82) is 5.26 Å². The Bertz CT molecular complexity index is 205. The Labute approximate surface area is 94.3 Å². The first kappa shape index (κ1) is 12.5. The van der Waals surface area contributed by atoms with Crippen molar-refractivity contribution < 1.29 is 0 Å². The van der Waals surface area contributed by atoms with Crippen molar-refractivity contribution >= 4 is 0 Å². The van der Waals surface area contributed by atoms with E-state index in [1.807, 2.05) is 0 Å². The molecule has 1 aliphatic rings. The Kier molecular flexibility index (Phi) is 5.71. The topological polar surface area (TPSA) is 27.0 Å². The largest absolute Gasteiger partial charge is 0.296 e. The maximum atomic E-state index is 8.84. The molecule has 0 aromatic heterocycles.